The third-order valence-corrected chi connectivity index (χ3v) is 3.58. The predicted molar refractivity (Wildman–Crippen MR) is 72.0 cm³/mol. The number of halogens is 3. The highest BCUT2D eigenvalue weighted by atomic mass is 19.4. The Hall–Kier alpha value is -1.23. The molecule has 0 spiro atoms. The Kier molecular flexibility index (Phi) is 4.91. The van der Waals surface area contributed by atoms with E-state index in [1.165, 1.54) is 5.56 Å². The molecule has 1 fully saturated rings. The highest BCUT2D eigenvalue weighted by Crippen LogP contribution is 2.37. The Balaban J connectivity index is 1.78. The first-order valence-corrected chi connectivity index (χ1v) is 7.01. The average molecular weight is 287 g/mol. The van der Waals surface area contributed by atoms with Crippen molar-refractivity contribution < 1.29 is 17.9 Å². The minimum absolute atomic E-state index is 0.269. The van der Waals surface area contributed by atoms with Crippen LogP contribution in [0.3, 0.4) is 0 Å². The van der Waals surface area contributed by atoms with Crippen LogP contribution >= 0.6 is 0 Å². The predicted octanol–water partition coefficient (Wildman–Crippen LogP) is 3.87. The van der Waals surface area contributed by atoms with Crippen molar-refractivity contribution in [1.82, 2.24) is 5.32 Å². The molecule has 0 aromatic heterocycles. The van der Waals surface area contributed by atoms with Crippen LogP contribution in [0.25, 0.3) is 0 Å². The zero-order valence-corrected chi connectivity index (χ0v) is 11.5. The number of hydrogen-bond donors (Lipinski definition) is 1. The smallest absolute Gasteiger partial charge is 0.422 e. The van der Waals surface area contributed by atoms with Crippen LogP contribution in [0.4, 0.5) is 13.2 Å². The summed E-state index contributed by atoms with van der Waals surface area (Å²) in [5.41, 5.74) is 1.18. The van der Waals surface area contributed by atoms with Gasteiger partial charge in [-0.2, -0.15) is 13.2 Å². The summed E-state index contributed by atoms with van der Waals surface area (Å²) >= 11 is 0. The van der Waals surface area contributed by atoms with Crippen LogP contribution in [0.2, 0.25) is 0 Å². The van der Waals surface area contributed by atoms with E-state index in [-0.39, 0.29) is 5.75 Å². The maximum atomic E-state index is 12.0. The van der Waals surface area contributed by atoms with Crippen molar-refractivity contribution in [2.75, 3.05) is 13.2 Å². The van der Waals surface area contributed by atoms with Crippen molar-refractivity contribution in [1.29, 1.82) is 0 Å². The monoisotopic (exact) mass is 287 g/mol. The van der Waals surface area contributed by atoms with E-state index in [0.29, 0.717) is 12.0 Å². The van der Waals surface area contributed by atoms with Gasteiger partial charge in [0.15, 0.2) is 6.61 Å². The quantitative estimate of drug-likeness (QED) is 0.857. The Labute approximate surface area is 117 Å². The molecule has 0 atom stereocenters. The summed E-state index contributed by atoms with van der Waals surface area (Å²) in [5, 5.41) is 3.47. The summed E-state index contributed by atoms with van der Waals surface area (Å²) in [6, 6.07) is 7.56. The Morgan fingerprint density at radius 3 is 2.40 bits per heavy atom. The summed E-state index contributed by atoms with van der Waals surface area (Å²) in [5.74, 6) is 0.784. The van der Waals surface area contributed by atoms with Crippen LogP contribution in [0.15, 0.2) is 24.3 Å². The van der Waals surface area contributed by atoms with Crippen LogP contribution in [0, 0.1) is 0 Å². The van der Waals surface area contributed by atoms with Gasteiger partial charge in [-0.3, -0.25) is 0 Å². The molecule has 20 heavy (non-hydrogen) atoms. The molecule has 2 nitrogen and oxygen atoms in total. The molecule has 1 aromatic carbocycles. The first-order valence-electron chi connectivity index (χ1n) is 7.01. The van der Waals surface area contributed by atoms with Gasteiger partial charge in [-0.15, -0.1) is 0 Å². The summed E-state index contributed by atoms with van der Waals surface area (Å²) < 4.78 is 40.8. The third kappa shape index (κ3) is 4.40. The van der Waals surface area contributed by atoms with Crippen LogP contribution in [0.5, 0.6) is 5.75 Å². The Bertz CT molecular complexity index is 410. The number of alkyl halides is 3. The number of benzene rings is 1. The zero-order valence-electron chi connectivity index (χ0n) is 11.5. The van der Waals surface area contributed by atoms with Crippen molar-refractivity contribution in [2.45, 2.75) is 44.3 Å². The van der Waals surface area contributed by atoms with Gasteiger partial charge in [-0.05, 0) is 49.4 Å². The lowest BCUT2D eigenvalue weighted by molar-refractivity contribution is -0.153. The molecule has 0 radical (unpaired) electrons. The lowest BCUT2D eigenvalue weighted by atomic mass is 9.76. The first kappa shape index (κ1) is 15.2. The molecule has 1 N–H and O–H groups in total. The van der Waals surface area contributed by atoms with E-state index in [9.17, 15) is 13.2 Å². The Morgan fingerprint density at radius 1 is 1.20 bits per heavy atom. The number of ether oxygens (including phenoxy) is 1. The standard InChI is InChI=1S/C15H20F3NO/c1-2-7-19-13-8-12(9-13)11-3-5-14(6-4-11)20-10-15(16,17)18/h3-6,12-13,19H,2,7-10H2,1H3. The van der Waals surface area contributed by atoms with Crippen molar-refractivity contribution >= 4 is 0 Å². The molecule has 0 aliphatic heterocycles. The van der Waals surface area contributed by atoms with E-state index in [0.717, 1.165) is 25.8 Å². The van der Waals surface area contributed by atoms with Gasteiger partial charge in [0, 0.05) is 6.04 Å². The summed E-state index contributed by atoms with van der Waals surface area (Å²) in [4.78, 5) is 0. The Morgan fingerprint density at radius 2 is 1.85 bits per heavy atom. The molecule has 0 saturated heterocycles. The van der Waals surface area contributed by atoms with Gasteiger partial charge in [0.1, 0.15) is 5.75 Å². The molecule has 5 heteroatoms. The second-order valence-corrected chi connectivity index (χ2v) is 5.29. The molecule has 0 unspecified atom stereocenters. The van der Waals surface area contributed by atoms with Crippen LogP contribution in [0.1, 0.15) is 37.7 Å². The molecule has 2 rings (SSSR count). The highest BCUT2D eigenvalue weighted by molar-refractivity contribution is 5.31. The van der Waals surface area contributed by atoms with E-state index in [2.05, 4.69) is 12.2 Å². The van der Waals surface area contributed by atoms with E-state index >= 15 is 0 Å². The van der Waals surface area contributed by atoms with Gasteiger partial charge in [-0.25, -0.2) is 0 Å². The van der Waals surface area contributed by atoms with Crippen LogP contribution in [-0.4, -0.2) is 25.4 Å². The van der Waals surface area contributed by atoms with Crippen molar-refractivity contribution in [3.63, 3.8) is 0 Å². The lowest BCUT2D eigenvalue weighted by Crippen LogP contribution is -2.40. The summed E-state index contributed by atoms with van der Waals surface area (Å²) in [7, 11) is 0. The minimum Gasteiger partial charge on any atom is -0.484 e. The van der Waals surface area contributed by atoms with Crippen LogP contribution < -0.4 is 10.1 Å². The molecular weight excluding hydrogens is 267 g/mol. The van der Waals surface area contributed by atoms with E-state index in [1.54, 1.807) is 12.1 Å². The van der Waals surface area contributed by atoms with Crippen molar-refractivity contribution in [3.05, 3.63) is 29.8 Å². The maximum Gasteiger partial charge on any atom is 0.422 e. The lowest BCUT2D eigenvalue weighted by Gasteiger charge is -2.36. The van der Waals surface area contributed by atoms with E-state index in [1.807, 2.05) is 12.1 Å². The van der Waals surface area contributed by atoms with Gasteiger partial charge in [0.2, 0.25) is 0 Å². The minimum atomic E-state index is -4.29. The van der Waals surface area contributed by atoms with E-state index < -0.39 is 12.8 Å². The van der Waals surface area contributed by atoms with Gasteiger partial charge in [-0.1, -0.05) is 19.1 Å². The summed E-state index contributed by atoms with van der Waals surface area (Å²) in [6.45, 7) is 1.95. The molecular formula is C15H20F3NO. The maximum absolute atomic E-state index is 12.0. The SMILES string of the molecule is CCCNC1CC(c2ccc(OCC(F)(F)F)cc2)C1. The summed E-state index contributed by atoms with van der Waals surface area (Å²) in [6.07, 6.45) is -0.956. The average Bonchev–Trinajstić information content (AvgIpc) is 2.35. The molecule has 1 aliphatic carbocycles. The van der Waals surface area contributed by atoms with Gasteiger partial charge in [0.05, 0.1) is 0 Å². The van der Waals surface area contributed by atoms with Crippen LogP contribution in [-0.2, 0) is 0 Å². The molecule has 1 aromatic rings. The second kappa shape index (κ2) is 6.48. The van der Waals surface area contributed by atoms with E-state index in [4.69, 9.17) is 4.74 Å². The first-order chi connectivity index (χ1) is 9.48. The number of rotatable bonds is 6. The molecule has 0 heterocycles. The second-order valence-electron chi connectivity index (χ2n) is 5.29. The van der Waals surface area contributed by atoms with Gasteiger partial charge in [0.25, 0.3) is 0 Å². The topological polar surface area (TPSA) is 21.3 Å². The fourth-order valence-corrected chi connectivity index (χ4v) is 2.41. The normalized spacial score (nSPS) is 22.4. The highest BCUT2D eigenvalue weighted by Gasteiger charge is 2.30. The van der Waals surface area contributed by atoms with Gasteiger partial charge >= 0.3 is 6.18 Å². The molecule has 0 bridgehead atoms. The molecule has 1 aliphatic rings. The zero-order chi connectivity index (χ0) is 14.6. The largest absolute Gasteiger partial charge is 0.484 e. The fraction of sp³-hybridized carbons (Fsp3) is 0.600. The molecule has 0 amide bonds. The number of hydrogen-bond acceptors (Lipinski definition) is 2. The van der Waals surface area contributed by atoms with Crippen molar-refractivity contribution in [3.8, 4) is 5.75 Å². The molecule has 112 valence electrons. The fourth-order valence-electron chi connectivity index (χ4n) is 2.41. The number of nitrogens with one attached hydrogen (secondary N) is 1. The molecule has 1 saturated carbocycles. The van der Waals surface area contributed by atoms with Crippen molar-refractivity contribution in [2.24, 2.45) is 0 Å². The third-order valence-electron chi connectivity index (χ3n) is 3.58. The van der Waals surface area contributed by atoms with Gasteiger partial charge < -0.3 is 10.1 Å².